The molecule has 1 atom stereocenters. The first-order valence-electron chi connectivity index (χ1n) is 10.1. The number of rotatable bonds is 7. The highest BCUT2D eigenvalue weighted by atomic mass is 79.9. The van der Waals surface area contributed by atoms with Crippen molar-refractivity contribution in [3.63, 3.8) is 0 Å². The zero-order valence-corrected chi connectivity index (χ0v) is 18.8. The molecule has 1 amide bonds. The van der Waals surface area contributed by atoms with E-state index in [2.05, 4.69) is 27.8 Å². The van der Waals surface area contributed by atoms with Gasteiger partial charge in [0.25, 0.3) is 5.91 Å². The summed E-state index contributed by atoms with van der Waals surface area (Å²) in [7, 11) is 0. The molecule has 5 nitrogen and oxygen atoms in total. The Labute approximate surface area is 190 Å². The minimum absolute atomic E-state index is 0.104. The van der Waals surface area contributed by atoms with Crippen LogP contribution in [0.25, 0.3) is 0 Å². The molecule has 1 N–H and O–H groups in total. The molecule has 1 aliphatic rings. The van der Waals surface area contributed by atoms with Crippen LogP contribution < -0.4 is 19.7 Å². The van der Waals surface area contributed by atoms with Crippen molar-refractivity contribution >= 4 is 33.2 Å². The van der Waals surface area contributed by atoms with Gasteiger partial charge in [0, 0.05) is 21.8 Å². The zero-order chi connectivity index (χ0) is 21.8. The number of nitrogens with zero attached hydrogens (tertiary/aromatic N) is 1. The lowest BCUT2D eigenvalue weighted by Gasteiger charge is -2.38. The number of nitrogens with one attached hydrogen (secondary N) is 1. The van der Waals surface area contributed by atoms with E-state index >= 15 is 0 Å². The smallest absolute Gasteiger partial charge is 0.262 e. The number of para-hydroxylation sites is 1. The van der Waals surface area contributed by atoms with Crippen LogP contribution in [0.3, 0.4) is 0 Å². The third kappa shape index (κ3) is 4.30. The van der Waals surface area contributed by atoms with Gasteiger partial charge in [-0.05, 0) is 43.3 Å². The van der Waals surface area contributed by atoms with Gasteiger partial charge in [0.2, 0.25) is 0 Å². The summed E-state index contributed by atoms with van der Waals surface area (Å²) in [5.41, 5.74) is 2.96. The summed E-state index contributed by atoms with van der Waals surface area (Å²) >= 11 is 3.48. The van der Waals surface area contributed by atoms with Gasteiger partial charge in [0.1, 0.15) is 24.3 Å². The van der Waals surface area contributed by atoms with E-state index in [0.717, 1.165) is 21.4 Å². The Balaban J connectivity index is 1.85. The summed E-state index contributed by atoms with van der Waals surface area (Å²) in [4.78, 5) is 15.5. The van der Waals surface area contributed by atoms with Crippen molar-refractivity contribution in [2.24, 2.45) is 0 Å². The quantitative estimate of drug-likeness (QED) is 0.411. The Morgan fingerprint density at radius 1 is 1.10 bits per heavy atom. The number of hydrogen-bond donors (Lipinski definition) is 1. The highest BCUT2D eigenvalue weighted by Crippen LogP contribution is 2.41. The molecule has 3 aromatic carbocycles. The molecule has 0 saturated heterocycles. The summed E-state index contributed by atoms with van der Waals surface area (Å²) in [6, 6.07) is 20.9. The van der Waals surface area contributed by atoms with E-state index < -0.39 is 6.17 Å². The first kappa shape index (κ1) is 21.0. The molecule has 0 fully saturated rings. The lowest BCUT2D eigenvalue weighted by atomic mass is 10.0. The minimum atomic E-state index is -0.459. The van der Waals surface area contributed by atoms with Crippen LogP contribution in [-0.2, 0) is 0 Å². The van der Waals surface area contributed by atoms with Crippen LogP contribution in [-0.4, -0.2) is 19.1 Å². The maximum absolute atomic E-state index is 13.7. The highest BCUT2D eigenvalue weighted by molar-refractivity contribution is 9.10. The van der Waals surface area contributed by atoms with Crippen molar-refractivity contribution in [1.29, 1.82) is 0 Å². The standard InChI is InChI=1S/C25H23BrN2O3/c1-3-14-31-23-11-6-5-10-20(23)24-27-22-13-12-17(26)15-21(22)25(29)28(24)18-8-7-9-19(16-18)30-4-2/h3,5-13,15-16,24,27H,1,4,14H2,2H3. The van der Waals surface area contributed by atoms with E-state index in [4.69, 9.17) is 9.47 Å². The predicted molar refractivity (Wildman–Crippen MR) is 127 cm³/mol. The van der Waals surface area contributed by atoms with Crippen LogP contribution >= 0.6 is 15.9 Å². The van der Waals surface area contributed by atoms with Gasteiger partial charge in [0.05, 0.1) is 17.9 Å². The molecule has 0 bridgehead atoms. The SMILES string of the molecule is C=CCOc1ccccc1C1Nc2ccc(Br)cc2C(=O)N1c1cccc(OCC)c1. The molecular weight excluding hydrogens is 456 g/mol. The van der Waals surface area contributed by atoms with E-state index in [1.54, 1.807) is 11.0 Å². The van der Waals surface area contributed by atoms with Gasteiger partial charge in [-0.15, -0.1) is 0 Å². The molecular formula is C25H23BrN2O3. The molecule has 31 heavy (non-hydrogen) atoms. The second kappa shape index (κ2) is 9.27. The maximum atomic E-state index is 13.7. The van der Waals surface area contributed by atoms with Gasteiger partial charge in [-0.1, -0.05) is 52.9 Å². The molecule has 0 spiro atoms. The zero-order valence-electron chi connectivity index (χ0n) is 17.2. The van der Waals surface area contributed by atoms with Crippen LogP contribution in [0.2, 0.25) is 0 Å². The molecule has 1 aliphatic heterocycles. The molecule has 0 aromatic heterocycles. The second-order valence-corrected chi connectivity index (χ2v) is 7.90. The second-order valence-electron chi connectivity index (χ2n) is 6.98. The number of ether oxygens (including phenoxy) is 2. The summed E-state index contributed by atoms with van der Waals surface area (Å²) in [5.74, 6) is 1.30. The summed E-state index contributed by atoms with van der Waals surface area (Å²) in [5, 5.41) is 3.53. The molecule has 1 unspecified atom stereocenters. The largest absolute Gasteiger partial charge is 0.494 e. The van der Waals surface area contributed by atoms with Crippen molar-refractivity contribution in [3.05, 3.63) is 95.0 Å². The minimum Gasteiger partial charge on any atom is -0.494 e. The van der Waals surface area contributed by atoms with Crippen LogP contribution in [0.1, 0.15) is 29.0 Å². The first-order chi connectivity index (χ1) is 15.1. The van der Waals surface area contributed by atoms with Gasteiger partial charge in [-0.3, -0.25) is 9.69 Å². The van der Waals surface area contributed by atoms with Crippen LogP contribution in [0.15, 0.2) is 83.9 Å². The Hall–Kier alpha value is -3.25. The molecule has 6 heteroatoms. The average molecular weight is 479 g/mol. The molecule has 3 aromatic rings. The Kier molecular flexibility index (Phi) is 6.28. The van der Waals surface area contributed by atoms with Gasteiger partial charge in [0.15, 0.2) is 0 Å². The lowest BCUT2D eigenvalue weighted by Crippen LogP contribution is -2.43. The Bertz CT molecular complexity index is 1120. The fourth-order valence-corrected chi connectivity index (χ4v) is 4.00. The number of hydrogen-bond acceptors (Lipinski definition) is 4. The fraction of sp³-hybridized carbons (Fsp3) is 0.160. The van der Waals surface area contributed by atoms with Gasteiger partial charge in [-0.25, -0.2) is 0 Å². The molecule has 0 radical (unpaired) electrons. The first-order valence-corrected chi connectivity index (χ1v) is 10.9. The van der Waals surface area contributed by atoms with Gasteiger partial charge < -0.3 is 14.8 Å². The van der Waals surface area contributed by atoms with E-state index in [0.29, 0.717) is 30.3 Å². The third-order valence-electron chi connectivity index (χ3n) is 4.96. The average Bonchev–Trinajstić information content (AvgIpc) is 2.78. The number of halogens is 1. The molecule has 4 rings (SSSR count). The molecule has 0 saturated carbocycles. The van der Waals surface area contributed by atoms with E-state index in [1.807, 2.05) is 73.7 Å². The van der Waals surface area contributed by atoms with Crippen molar-refractivity contribution in [2.45, 2.75) is 13.1 Å². The van der Waals surface area contributed by atoms with Gasteiger partial charge >= 0.3 is 0 Å². The topological polar surface area (TPSA) is 50.8 Å². The van der Waals surface area contributed by atoms with Gasteiger partial charge in [-0.2, -0.15) is 0 Å². The number of carbonyl (C=O) groups excluding carboxylic acids is 1. The molecule has 158 valence electrons. The van der Waals surface area contributed by atoms with Crippen molar-refractivity contribution in [1.82, 2.24) is 0 Å². The Morgan fingerprint density at radius 3 is 2.74 bits per heavy atom. The van der Waals surface area contributed by atoms with Crippen molar-refractivity contribution in [3.8, 4) is 11.5 Å². The normalized spacial score (nSPS) is 15.1. The maximum Gasteiger partial charge on any atom is 0.262 e. The van der Waals surface area contributed by atoms with E-state index in [-0.39, 0.29) is 5.91 Å². The summed E-state index contributed by atoms with van der Waals surface area (Å²) in [6.07, 6.45) is 1.24. The van der Waals surface area contributed by atoms with Crippen LogP contribution in [0, 0.1) is 0 Å². The number of carbonyl (C=O) groups is 1. The number of benzene rings is 3. The van der Waals surface area contributed by atoms with Crippen molar-refractivity contribution < 1.29 is 14.3 Å². The summed E-state index contributed by atoms with van der Waals surface area (Å²) < 4.78 is 12.4. The lowest BCUT2D eigenvalue weighted by molar-refractivity contribution is 0.0974. The van der Waals surface area contributed by atoms with E-state index in [1.165, 1.54) is 0 Å². The number of amides is 1. The Morgan fingerprint density at radius 2 is 1.94 bits per heavy atom. The van der Waals surface area contributed by atoms with Crippen LogP contribution in [0.5, 0.6) is 11.5 Å². The fourth-order valence-electron chi connectivity index (χ4n) is 3.64. The number of fused-ring (bicyclic) bond motifs is 1. The van der Waals surface area contributed by atoms with Crippen molar-refractivity contribution in [2.75, 3.05) is 23.4 Å². The molecule has 1 heterocycles. The monoisotopic (exact) mass is 478 g/mol. The summed E-state index contributed by atoms with van der Waals surface area (Å²) in [6.45, 7) is 6.59. The molecule has 0 aliphatic carbocycles. The highest BCUT2D eigenvalue weighted by Gasteiger charge is 2.35. The van der Waals surface area contributed by atoms with E-state index in [9.17, 15) is 4.79 Å². The third-order valence-corrected chi connectivity index (χ3v) is 5.45. The predicted octanol–water partition coefficient (Wildman–Crippen LogP) is 6.18. The number of anilines is 2. The van der Waals surface area contributed by atoms with Crippen LogP contribution in [0.4, 0.5) is 11.4 Å².